The van der Waals surface area contributed by atoms with E-state index in [0.717, 1.165) is 12.3 Å². The van der Waals surface area contributed by atoms with Crippen LogP contribution in [0.4, 0.5) is 0 Å². The van der Waals surface area contributed by atoms with Gasteiger partial charge in [-0.25, -0.2) is 0 Å². The zero-order valence-corrected chi connectivity index (χ0v) is 13.1. The molecule has 1 heterocycles. The molecule has 3 rings (SSSR count). The van der Waals surface area contributed by atoms with Crippen molar-refractivity contribution in [3.05, 3.63) is 33.2 Å². The minimum Gasteiger partial charge on any atom is -0.318 e. The number of nitrogens with zero attached hydrogens (tertiary/aromatic N) is 1. The minimum atomic E-state index is 0.275. The van der Waals surface area contributed by atoms with Gasteiger partial charge in [0, 0.05) is 18.8 Å². The van der Waals surface area contributed by atoms with Gasteiger partial charge in [-0.05, 0) is 54.6 Å². The van der Waals surface area contributed by atoms with E-state index < -0.39 is 0 Å². The van der Waals surface area contributed by atoms with E-state index in [9.17, 15) is 4.79 Å². The van der Waals surface area contributed by atoms with Crippen molar-refractivity contribution in [2.45, 2.75) is 70.6 Å². The zero-order valence-electron chi connectivity index (χ0n) is 13.1. The minimum absolute atomic E-state index is 0.275. The van der Waals surface area contributed by atoms with Crippen molar-refractivity contribution < 1.29 is 0 Å². The van der Waals surface area contributed by atoms with Crippen molar-refractivity contribution in [1.82, 2.24) is 4.57 Å². The van der Waals surface area contributed by atoms with Crippen LogP contribution in [0.25, 0.3) is 0 Å². The molecular weight excluding hydrogens is 246 g/mol. The van der Waals surface area contributed by atoms with Crippen LogP contribution in [-0.2, 0) is 13.5 Å². The van der Waals surface area contributed by atoms with Gasteiger partial charge in [0.1, 0.15) is 0 Å². The molecule has 1 saturated carbocycles. The highest BCUT2D eigenvalue weighted by molar-refractivity contribution is 5.40. The molecule has 2 unspecified atom stereocenters. The van der Waals surface area contributed by atoms with Gasteiger partial charge >= 0.3 is 0 Å². The van der Waals surface area contributed by atoms with E-state index in [1.165, 1.54) is 55.2 Å². The van der Waals surface area contributed by atoms with Gasteiger partial charge < -0.3 is 4.57 Å². The van der Waals surface area contributed by atoms with Gasteiger partial charge in [0.15, 0.2) is 0 Å². The lowest BCUT2D eigenvalue weighted by atomic mass is 9.88. The second kappa shape index (κ2) is 5.38. The van der Waals surface area contributed by atoms with Gasteiger partial charge in [-0.15, -0.1) is 0 Å². The Morgan fingerprint density at radius 3 is 2.70 bits per heavy atom. The molecule has 20 heavy (non-hydrogen) atoms. The molecule has 2 aliphatic rings. The summed E-state index contributed by atoms with van der Waals surface area (Å²) in [5.41, 5.74) is 4.29. The molecule has 2 heteroatoms. The number of pyridine rings is 1. The normalized spacial score (nSPS) is 26.0. The Labute approximate surface area is 122 Å². The maximum Gasteiger partial charge on any atom is 0.254 e. The Hall–Kier alpha value is -1.05. The Morgan fingerprint density at radius 2 is 1.95 bits per heavy atom. The molecule has 1 aromatic heterocycles. The first-order valence-corrected chi connectivity index (χ1v) is 8.32. The first kappa shape index (κ1) is 13.9. The van der Waals surface area contributed by atoms with E-state index in [1.54, 1.807) is 0 Å². The van der Waals surface area contributed by atoms with Crippen LogP contribution in [0.1, 0.15) is 80.9 Å². The average Bonchev–Trinajstić information content (AvgIpc) is 3.16. The van der Waals surface area contributed by atoms with Crippen LogP contribution in [0.5, 0.6) is 0 Å². The summed E-state index contributed by atoms with van der Waals surface area (Å²) >= 11 is 0. The van der Waals surface area contributed by atoms with E-state index in [-0.39, 0.29) is 5.56 Å². The fraction of sp³-hybridized carbons (Fsp3) is 0.722. The molecule has 0 aliphatic heterocycles. The van der Waals surface area contributed by atoms with Gasteiger partial charge in [0.2, 0.25) is 0 Å². The highest BCUT2D eigenvalue weighted by Gasteiger charge is 2.41. The Bertz CT molecular complexity index is 555. The molecule has 0 spiro atoms. The highest BCUT2D eigenvalue weighted by atomic mass is 16.1. The van der Waals surface area contributed by atoms with Crippen molar-refractivity contribution in [3.63, 3.8) is 0 Å². The average molecular weight is 273 g/mol. The van der Waals surface area contributed by atoms with Gasteiger partial charge in [-0.2, -0.15) is 0 Å². The van der Waals surface area contributed by atoms with Crippen molar-refractivity contribution in [3.8, 4) is 0 Å². The number of hydrogen-bond donors (Lipinski definition) is 0. The van der Waals surface area contributed by atoms with Crippen LogP contribution in [-0.4, -0.2) is 4.57 Å². The fourth-order valence-electron chi connectivity index (χ4n) is 3.96. The molecule has 1 aromatic rings. The van der Waals surface area contributed by atoms with Crippen molar-refractivity contribution in [2.75, 3.05) is 0 Å². The number of rotatable bonds is 1. The lowest BCUT2D eigenvalue weighted by Gasteiger charge is -2.20. The Balaban J connectivity index is 2.12. The molecule has 0 bridgehead atoms. The van der Waals surface area contributed by atoms with Crippen LogP contribution < -0.4 is 5.56 Å². The molecule has 0 saturated heterocycles. The quantitative estimate of drug-likeness (QED) is 0.754. The van der Waals surface area contributed by atoms with Gasteiger partial charge in [0.05, 0.1) is 0 Å². The lowest BCUT2D eigenvalue weighted by Crippen LogP contribution is -2.25. The van der Waals surface area contributed by atoms with E-state index in [4.69, 9.17) is 0 Å². The van der Waals surface area contributed by atoms with Crippen LogP contribution in [0.15, 0.2) is 11.0 Å². The van der Waals surface area contributed by atoms with Gasteiger partial charge in [-0.1, -0.05) is 33.1 Å². The Kier molecular flexibility index (Phi) is 3.74. The number of fused-ring (bicyclic) bond motifs is 3. The maximum atomic E-state index is 12.7. The van der Waals surface area contributed by atoms with E-state index >= 15 is 0 Å². The standard InChI is InChI=1S/C18H27NO/c1-12(2)16-11-19(3)18(20)17-14(16)9-7-5-4-6-8-13-10-15(13)17/h11-13,15H,4-10H2,1-3H3. The lowest BCUT2D eigenvalue weighted by molar-refractivity contribution is 0.562. The van der Waals surface area contributed by atoms with E-state index in [2.05, 4.69) is 20.0 Å². The second-order valence-electron chi connectivity index (χ2n) is 7.10. The Morgan fingerprint density at radius 1 is 1.20 bits per heavy atom. The third-order valence-electron chi connectivity index (χ3n) is 5.22. The van der Waals surface area contributed by atoms with E-state index in [1.807, 2.05) is 11.6 Å². The van der Waals surface area contributed by atoms with Crippen LogP contribution >= 0.6 is 0 Å². The molecule has 2 atom stereocenters. The number of hydrogen-bond acceptors (Lipinski definition) is 1. The molecule has 2 nitrogen and oxygen atoms in total. The molecule has 0 radical (unpaired) electrons. The molecule has 0 N–H and O–H groups in total. The fourth-order valence-corrected chi connectivity index (χ4v) is 3.96. The smallest absolute Gasteiger partial charge is 0.254 e. The molecule has 1 fully saturated rings. The molecule has 110 valence electrons. The molecule has 0 amide bonds. The summed E-state index contributed by atoms with van der Waals surface area (Å²) in [5, 5.41) is 0. The summed E-state index contributed by atoms with van der Waals surface area (Å²) in [4.78, 5) is 12.7. The van der Waals surface area contributed by atoms with Crippen molar-refractivity contribution in [1.29, 1.82) is 0 Å². The van der Waals surface area contributed by atoms with Crippen LogP contribution in [0, 0.1) is 5.92 Å². The summed E-state index contributed by atoms with van der Waals surface area (Å²) < 4.78 is 1.83. The first-order chi connectivity index (χ1) is 9.59. The monoisotopic (exact) mass is 273 g/mol. The van der Waals surface area contributed by atoms with Crippen LogP contribution in [0.2, 0.25) is 0 Å². The van der Waals surface area contributed by atoms with Crippen molar-refractivity contribution >= 4 is 0 Å². The topological polar surface area (TPSA) is 22.0 Å². The maximum absolute atomic E-state index is 12.7. The third-order valence-corrected chi connectivity index (χ3v) is 5.22. The predicted octanol–water partition coefficient (Wildman–Crippen LogP) is 4.12. The van der Waals surface area contributed by atoms with Gasteiger partial charge in [-0.3, -0.25) is 4.79 Å². The summed E-state index contributed by atoms with van der Waals surface area (Å²) in [6.45, 7) is 4.51. The van der Waals surface area contributed by atoms with Gasteiger partial charge in [0.25, 0.3) is 5.56 Å². The highest BCUT2D eigenvalue weighted by Crippen LogP contribution is 2.51. The predicted molar refractivity (Wildman–Crippen MR) is 83.4 cm³/mol. The summed E-state index contributed by atoms with van der Waals surface area (Å²) in [6.07, 6.45) is 11.1. The summed E-state index contributed by atoms with van der Waals surface area (Å²) in [7, 11) is 1.92. The first-order valence-electron chi connectivity index (χ1n) is 8.32. The molecular formula is C18H27NO. The SMILES string of the molecule is CC(C)c1cn(C)c(=O)c2c1CCCCCCC1CC21. The third kappa shape index (κ3) is 2.45. The summed E-state index contributed by atoms with van der Waals surface area (Å²) in [6, 6.07) is 0. The zero-order chi connectivity index (χ0) is 14.3. The van der Waals surface area contributed by atoms with Crippen molar-refractivity contribution in [2.24, 2.45) is 13.0 Å². The summed E-state index contributed by atoms with van der Waals surface area (Å²) in [5.74, 6) is 1.87. The number of aryl methyl sites for hydroxylation is 1. The second-order valence-corrected chi connectivity index (χ2v) is 7.10. The van der Waals surface area contributed by atoms with E-state index in [0.29, 0.717) is 11.8 Å². The number of aromatic nitrogens is 1. The van der Waals surface area contributed by atoms with Crippen LogP contribution in [0.3, 0.4) is 0 Å². The molecule has 0 aromatic carbocycles. The largest absolute Gasteiger partial charge is 0.318 e. The molecule has 2 aliphatic carbocycles.